The number of pyridine rings is 1. The van der Waals surface area contributed by atoms with Gasteiger partial charge in [0.15, 0.2) is 5.84 Å². The van der Waals surface area contributed by atoms with E-state index in [4.69, 9.17) is 10.9 Å². The summed E-state index contributed by atoms with van der Waals surface area (Å²) in [5, 5.41) is 12.0. The highest BCUT2D eigenvalue weighted by Crippen LogP contribution is 2.18. The molecule has 1 aromatic heterocycles. The van der Waals surface area contributed by atoms with Gasteiger partial charge in [0.05, 0.1) is 11.2 Å². The van der Waals surface area contributed by atoms with Crippen molar-refractivity contribution in [2.24, 2.45) is 10.9 Å². The van der Waals surface area contributed by atoms with Gasteiger partial charge in [0.25, 0.3) is 0 Å². The molecular weight excluding hydrogens is 254 g/mol. The number of amidine groups is 1. The molecule has 0 aliphatic carbocycles. The van der Waals surface area contributed by atoms with E-state index in [1.54, 1.807) is 0 Å². The second-order valence-electron chi connectivity index (χ2n) is 5.63. The van der Waals surface area contributed by atoms with E-state index in [9.17, 15) is 0 Å². The van der Waals surface area contributed by atoms with Crippen LogP contribution in [0.5, 0.6) is 0 Å². The molecule has 1 aromatic rings. The fourth-order valence-electron chi connectivity index (χ4n) is 2.47. The number of hydrogen-bond acceptors (Lipinski definition) is 5. The molecule has 6 heteroatoms. The summed E-state index contributed by atoms with van der Waals surface area (Å²) >= 11 is 0. The van der Waals surface area contributed by atoms with Crippen LogP contribution in [-0.2, 0) is 6.54 Å². The van der Waals surface area contributed by atoms with E-state index in [1.165, 1.54) is 0 Å². The average Bonchev–Trinajstić information content (AvgIpc) is 2.48. The lowest BCUT2D eigenvalue weighted by atomic mass is 10.0. The Morgan fingerprint density at radius 2 is 2.05 bits per heavy atom. The average molecular weight is 277 g/mol. The zero-order valence-electron chi connectivity index (χ0n) is 12.2. The molecule has 0 bridgehead atoms. The van der Waals surface area contributed by atoms with Crippen molar-refractivity contribution in [3.8, 4) is 0 Å². The molecule has 0 aromatic carbocycles. The van der Waals surface area contributed by atoms with E-state index in [2.05, 4.69) is 19.9 Å². The zero-order valence-corrected chi connectivity index (χ0v) is 12.2. The summed E-state index contributed by atoms with van der Waals surface area (Å²) in [6, 6.07) is 5.99. The zero-order chi connectivity index (χ0) is 14.6. The van der Waals surface area contributed by atoms with Crippen LogP contribution in [0.15, 0.2) is 29.6 Å². The van der Waals surface area contributed by atoms with Crippen molar-refractivity contribution in [3.05, 3.63) is 30.1 Å². The summed E-state index contributed by atoms with van der Waals surface area (Å²) in [6.45, 7) is 8.55. The summed E-state index contributed by atoms with van der Waals surface area (Å²) in [5.74, 6) is 0.260. The van der Waals surface area contributed by atoms with Crippen LogP contribution in [0.25, 0.3) is 0 Å². The molecule has 0 saturated carbocycles. The molecule has 0 radical (unpaired) electrons. The number of piperazine rings is 1. The van der Waals surface area contributed by atoms with Gasteiger partial charge in [-0.15, -0.1) is 0 Å². The summed E-state index contributed by atoms with van der Waals surface area (Å²) in [5.41, 5.74) is 6.46. The Hall–Kier alpha value is -1.66. The summed E-state index contributed by atoms with van der Waals surface area (Å²) < 4.78 is 0. The van der Waals surface area contributed by atoms with Crippen LogP contribution in [0.2, 0.25) is 0 Å². The maximum atomic E-state index is 8.87. The molecule has 2 rings (SSSR count). The highest BCUT2D eigenvalue weighted by molar-refractivity contribution is 5.88. The number of rotatable bonds is 4. The van der Waals surface area contributed by atoms with Crippen molar-refractivity contribution in [3.63, 3.8) is 0 Å². The first kappa shape index (κ1) is 14.7. The molecule has 110 valence electrons. The predicted octanol–water partition coefficient (Wildman–Crippen LogP) is 0.724. The number of nitrogens with two attached hydrogens (primary N) is 1. The first-order valence-electron chi connectivity index (χ1n) is 6.89. The fraction of sp³-hybridized carbons (Fsp3) is 0.571. The van der Waals surface area contributed by atoms with Crippen molar-refractivity contribution in [2.45, 2.75) is 25.9 Å². The Morgan fingerprint density at radius 3 is 2.60 bits per heavy atom. The second-order valence-corrected chi connectivity index (χ2v) is 5.63. The van der Waals surface area contributed by atoms with Crippen molar-refractivity contribution in [1.29, 1.82) is 0 Å². The first-order valence-corrected chi connectivity index (χ1v) is 6.89. The molecule has 0 unspecified atom stereocenters. The van der Waals surface area contributed by atoms with Crippen molar-refractivity contribution < 1.29 is 5.21 Å². The normalized spacial score (nSPS) is 19.2. The molecule has 0 atom stereocenters. The number of oxime groups is 1. The third-order valence-electron chi connectivity index (χ3n) is 4.01. The van der Waals surface area contributed by atoms with E-state index >= 15 is 0 Å². The van der Waals surface area contributed by atoms with Gasteiger partial charge < -0.3 is 10.9 Å². The van der Waals surface area contributed by atoms with Crippen LogP contribution >= 0.6 is 0 Å². The SMILES string of the molecule is CC(C)(C(N)=NO)N1CCN(Cc2ccccn2)CC1. The summed E-state index contributed by atoms with van der Waals surface area (Å²) in [7, 11) is 0. The maximum absolute atomic E-state index is 8.87. The Balaban J connectivity index is 1.90. The molecule has 1 fully saturated rings. The molecule has 1 saturated heterocycles. The number of aromatic nitrogens is 1. The van der Waals surface area contributed by atoms with Crippen LogP contribution in [0, 0.1) is 0 Å². The van der Waals surface area contributed by atoms with Gasteiger partial charge in [-0.2, -0.15) is 0 Å². The minimum absolute atomic E-state index is 0.260. The third-order valence-corrected chi connectivity index (χ3v) is 4.01. The van der Waals surface area contributed by atoms with Gasteiger partial charge in [0, 0.05) is 38.9 Å². The fourth-order valence-corrected chi connectivity index (χ4v) is 2.47. The second kappa shape index (κ2) is 6.19. The summed E-state index contributed by atoms with van der Waals surface area (Å²) in [6.07, 6.45) is 1.83. The molecule has 6 nitrogen and oxygen atoms in total. The summed E-state index contributed by atoms with van der Waals surface area (Å²) in [4.78, 5) is 8.98. The predicted molar refractivity (Wildman–Crippen MR) is 78.6 cm³/mol. The minimum Gasteiger partial charge on any atom is -0.409 e. The lowest BCUT2D eigenvalue weighted by molar-refractivity contribution is 0.0787. The van der Waals surface area contributed by atoms with Gasteiger partial charge in [-0.25, -0.2) is 0 Å². The highest BCUT2D eigenvalue weighted by Gasteiger charge is 2.33. The standard InChI is InChI=1S/C14H23N5O/c1-14(2,13(15)17-20)19-9-7-18(8-10-19)11-12-5-3-4-6-16-12/h3-6,20H,7-11H2,1-2H3,(H2,15,17). The molecule has 0 amide bonds. The van der Waals surface area contributed by atoms with E-state index in [0.717, 1.165) is 38.4 Å². The Kier molecular flexibility index (Phi) is 4.57. The number of nitrogens with zero attached hydrogens (tertiary/aromatic N) is 4. The van der Waals surface area contributed by atoms with Gasteiger partial charge >= 0.3 is 0 Å². The maximum Gasteiger partial charge on any atom is 0.159 e. The Morgan fingerprint density at radius 1 is 1.35 bits per heavy atom. The molecule has 1 aliphatic heterocycles. The number of hydrogen-bond donors (Lipinski definition) is 2. The first-order chi connectivity index (χ1) is 9.54. The third kappa shape index (κ3) is 3.26. The van der Waals surface area contributed by atoms with E-state index in [1.807, 2.05) is 38.2 Å². The largest absolute Gasteiger partial charge is 0.409 e. The molecule has 3 N–H and O–H groups in total. The van der Waals surface area contributed by atoms with Crippen LogP contribution < -0.4 is 5.73 Å². The van der Waals surface area contributed by atoms with Crippen LogP contribution in [0.3, 0.4) is 0 Å². The van der Waals surface area contributed by atoms with Crippen molar-refractivity contribution in [2.75, 3.05) is 26.2 Å². The van der Waals surface area contributed by atoms with Crippen LogP contribution in [-0.4, -0.2) is 57.5 Å². The molecule has 1 aliphatic rings. The Labute approximate surface area is 119 Å². The van der Waals surface area contributed by atoms with Crippen molar-refractivity contribution in [1.82, 2.24) is 14.8 Å². The minimum atomic E-state index is -0.411. The van der Waals surface area contributed by atoms with E-state index < -0.39 is 5.54 Å². The topological polar surface area (TPSA) is 78.0 Å². The molecule has 20 heavy (non-hydrogen) atoms. The quantitative estimate of drug-likeness (QED) is 0.367. The van der Waals surface area contributed by atoms with Crippen LogP contribution in [0.1, 0.15) is 19.5 Å². The Bertz CT molecular complexity index is 452. The van der Waals surface area contributed by atoms with E-state index in [-0.39, 0.29) is 5.84 Å². The molecule has 0 spiro atoms. The van der Waals surface area contributed by atoms with Gasteiger partial charge in [0.2, 0.25) is 0 Å². The van der Waals surface area contributed by atoms with E-state index in [0.29, 0.717) is 0 Å². The van der Waals surface area contributed by atoms with Gasteiger partial charge in [-0.1, -0.05) is 11.2 Å². The van der Waals surface area contributed by atoms with Gasteiger partial charge in [0.1, 0.15) is 0 Å². The lowest BCUT2D eigenvalue weighted by Gasteiger charge is -2.43. The van der Waals surface area contributed by atoms with Crippen LogP contribution in [0.4, 0.5) is 0 Å². The lowest BCUT2D eigenvalue weighted by Crippen LogP contribution is -2.59. The van der Waals surface area contributed by atoms with Crippen molar-refractivity contribution >= 4 is 5.84 Å². The van der Waals surface area contributed by atoms with Gasteiger partial charge in [-0.3, -0.25) is 14.8 Å². The smallest absolute Gasteiger partial charge is 0.159 e. The highest BCUT2D eigenvalue weighted by atomic mass is 16.4. The molecular formula is C14H23N5O. The molecule has 2 heterocycles. The monoisotopic (exact) mass is 277 g/mol. The van der Waals surface area contributed by atoms with Gasteiger partial charge in [-0.05, 0) is 26.0 Å².